The van der Waals surface area contributed by atoms with Crippen LogP contribution >= 0.6 is 0 Å². The smallest absolute Gasteiger partial charge is 0.321 e. The summed E-state index contributed by atoms with van der Waals surface area (Å²) in [6.07, 6.45) is 0.919. The summed E-state index contributed by atoms with van der Waals surface area (Å²) in [6.45, 7) is 3.23. The Labute approximate surface area is 129 Å². The highest BCUT2D eigenvalue weighted by molar-refractivity contribution is 7.84. The normalized spacial score (nSPS) is 12.0. The SMILES string of the molecule is CCCN(C)C(=O)Nc1cccc(C[S@](=O)CCOC)c1. The van der Waals surface area contributed by atoms with Crippen LogP contribution in [0.5, 0.6) is 0 Å². The van der Waals surface area contributed by atoms with Crippen molar-refractivity contribution in [2.75, 3.05) is 38.4 Å². The van der Waals surface area contributed by atoms with E-state index in [1.54, 1.807) is 19.1 Å². The standard InChI is InChI=1S/C15H24N2O3S/c1-4-8-17(2)15(18)16-14-7-5-6-13(11-14)12-21(19)10-9-20-3/h5-7,11H,4,8-10,12H2,1-3H3,(H,16,18)/t21-/m1/s1. The van der Waals surface area contributed by atoms with E-state index in [1.807, 2.05) is 31.2 Å². The molecule has 1 aromatic carbocycles. The molecule has 1 N–H and O–H groups in total. The summed E-state index contributed by atoms with van der Waals surface area (Å²) in [5.74, 6) is 0.990. The lowest BCUT2D eigenvalue weighted by Gasteiger charge is -2.17. The van der Waals surface area contributed by atoms with Gasteiger partial charge >= 0.3 is 6.03 Å². The summed E-state index contributed by atoms with van der Waals surface area (Å²) in [5, 5.41) is 2.85. The number of methoxy groups -OCH3 is 1. The Bertz CT molecular complexity index is 480. The Morgan fingerprint density at radius 3 is 2.86 bits per heavy atom. The number of benzene rings is 1. The van der Waals surface area contributed by atoms with Gasteiger partial charge in [-0.25, -0.2) is 4.79 Å². The highest BCUT2D eigenvalue weighted by Gasteiger charge is 2.08. The fraction of sp³-hybridized carbons (Fsp3) is 0.533. The molecule has 0 saturated heterocycles. The molecule has 0 unspecified atom stereocenters. The van der Waals surface area contributed by atoms with Crippen LogP contribution in [0.4, 0.5) is 10.5 Å². The molecular formula is C15H24N2O3S. The van der Waals surface area contributed by atoms with Gasteiger partial charge in [-0.1, -0.05) is 19.1 Å². The zero-order valence-corrected chi connectivity index (χ0v) is 13.7. The maximum atomic E-state index is 11.9. The van der Waals surface area contributed by atoms with Crippen molar-refractivity contribution in [1.29, 1.82) is 0 Å². The molecule has 21 heavy (non-hydrogen) atoms. The number of nitrogens with zero attached hydrogens (tertiary/aromatic N) is 1. The van der Waals surface area contributed by atoms with Crippen molar-refractivity contribution in [1.82, 2.24) is 4.90 Å². The van der Waals surface area contributed by atoms with Crippen molar-refractivity contribution in [3.8, 4) is 0 Å². The molecule has 0 aromatic heterocycles. The van der Waals surface area contributed by atoms with E-state index < -0.39 is 10.8 Å². The van der Waals surface area contributed by atoms with Gasteiger partial charge in [-0.2, -0.15) is 0 Å². The molecule has 0 heterocycles. The van der Waals surface area contributed by atoms with E-state index in [0.717, 1.165) is 17.7 Å². The first kappa shape index (κ1) is 17.7. The fourth-order valence-electron chi connectivity index (χ4n) is 1.83. The molecule has 0 aliphatic carbocycles. The number of hydrogen-bond donors (Lipinski definition) is 1. The van der Waals surface area contributed by atoms with Crippen molar-refractivity contribution in [3.05, 3.63) is 29.8 Å². The Hall–Kier alpha value is -1.40. The summed E-state index contributed by atoms with van der Waals surface area (Å²) in [4.78, 5) is 13.6. The average molecular weight is 312 g/mol. The van der Waals surface area contributed by atoms with Gasteiger partial charge in [-0.3, -0.25) is 4.21 Å². The zero-order valence-electron chi connectivity index (χ0n) is 12.9. The van der Waals surface area contributed by atoms with Crippen LogP contribution < -0.4 is 5.32 Å². The van der Waals surface area contributed by atoms with Crippen LogP contribution in [0.25, 0.3) is 0 Å². The minimum atomic E-state index is -0.952. The number of ether oxygens (including phenoxy) is 1. The van der Waals surface area contributed by atoms with Gasteiger partial charge in [0.2, 0.25) is 0 Å². The lowest BCUT2D eigenvalue weighted by atomic mass is 10.2. The van der Waals surface area contributed by atoms with E-state index >= 15 is 0 Å². The summed E-state index contributed by atoms with van der Waals surface area (Å²) in [6, 6.07) is 7.34. The lowest BCUT2D eigenvalue weighted by Crippen LogP contribution is -2.31. The number of carbonyl (C=O) groups is 1. The van der Waals surface area contributed by atoms with E-state index in [4.69, 9.17) is 4.74 Å². The first-order valence-corrected chi connectivity index (χ1v) is 8.50. The van der Waals surface area contributed by atoms with Gasteiger partial charge in [-0.15, -0.1) is 0 Å². The van der Waals surface area contributed by atoms with E-state index in [2.05, 4.69) is 5.32 Å². The van der Waals surface area contributed by atoms with Crippen molar-refractivity contribution in [2.24, 2.45) is 0 Å². The molecule has 1 aromatic rings. The lowest BCUT2D eigenvalue weighted by molar-refractivity contribution is 0.218. The molecule has 118 valence electrons. The number of urea groups is 1. The molecule has 0 aliphatic rings. The third-order valence-corrected chi connectivity index (χ3v) is 4.20. The number of amides is 2. The number of anilines is 1. The molecule has 6 heteroatoms. The fourth-order valence-corrected chi connectivity index (χ4v) is 2.88. The molecular weight excluding hydrogens is 288 g/mol. The van der Waals surface area contributed by atoms with Crippen LogP contribution in [-0.4, -0.2) is 48.2 Å². The third-order valence-electron chi connectivity index (χ3n) is 2.93. The van der Waals surface area contributed by atoms with Crippen LogP contribution in [0, 0.1) is 0 Å². The summed E-state index contributed by atoms with van der Waals surface area (Å²) < 4.78 is 16.8. The van der Waals surface area contributed by atoms with E-state index in [0.29, 0.717) is 24.7 Å². The number of hydrogen-bond acceptors (Lipinski definition) is 3. The van der Waals surface area contributed by atoms with E-state index in [9.17, 15) is 9.00 Å². The first-order valence-electron chi connectivity index (χ1n) is 7.01. The second-order valence-corrected chi connectivity index (χ2v) is 6.41. The highest BCUT2D eigenvalue weighted by Crippen LogP contribution is 2.13. The highest BCUT2D eigenvalue weighted by atomic mass is 32.2. The maximum Gasteiger partial charge on any atom is 0.321 e. The quantitative estimate of drug-likeness (QED) is 0.802. The van der Waals surface area contributed by atoms with Gasteiger partial charge in [0.1, 0.15) is 0 Å². The van der Waals surface area contributed by atoms with Gasteiger partial charge in [0.25, 0.3) is 0 Å². The molecule has 0 fully saturated rings. The summed E-state index contributed by atoms with van der Waals surface area (Å²) >= 11 is 0. The summed E-state index contributed by atoms with van der Waals surface area (Å²) in [7, 11) is 2.41. The van der Waals surface area contributed by atoms with Gasteiger partial charge < -0.3 is 15.0 Å². The molecule has 1 atom stereocenters. The van der Waals surface area contributed by atoms with Crippen molar-refractivity contribution in [3.63, 3.8) is 0 Å². The Morgan fingerprint density at radius 2 is 2.19 bits per heavy atom. The maximum absolute atomic E-state index is 11.9. The molecule has 5 nitrogen and oxygen atoms in total. The van der Waals surface area contributed by atoms with Crippen LogP contribution in [0.3, 0.4) is 0 Å². The van der Waals surface area contributed by atoms with Crippen LogP contribution in [0.1, 0.15) is 18.9 Å². The number of nitrogens with one attached hydrogen (secondary N) is 1. The monoisotopic (exact) mass is 312 g/mol. The van der Waals surface area contributed by atoms with Crippen molar-refractivity contribution in [2.45, 2.75) is 19.1 Å². The predicted molar refractivity (Wildman–Crippen MR) is 87.0 cm³/mol. The van der Waals surface area contributed by atoms with Crippen LogP contribution in [-0.2, 0) is 21.3 Å². The molecule has 0 spiro atoms. The minimum absolute atomic E-state index is 0.130. The second-order valence-electron chi connectivity index (χ2n) is 4.83. The van der Waals surface area contributed by atoms with Crippen molar-refractivity contribution >= 4 is 22.5 Å². The first-order chi connectivity index (χ1) is 10.1. The molecule has 2 amide bonds. The van der Waals surface area contributed by atoms with Gasteiger partial charge in [0.15, 0.2) is 0 Å². The third kappa shape index (κ3) is 6.73. The Morgan fingerprint density at radius 1 is 1.43 bits per heavy atom. The largest absolute Gasteiger partial charge is 0.384 e. The molecule has 0 saturated carbocycles. The zero-order chi connectivity index (χ0) is 15.7. The Balaban J connectivity index is 2.59. The second kappa shape index (κ2) is 9.52. The predicted octanol–water partition coefficient (Wildman–Crippen LogP) is 2.46. The van der Waals surface area contributed by atoms with Crippen molar-refractivity contribution < 1.29 is 13.7 Å². The van der Waals surface area contributed by atoms with E-state index in [-0.39, 0.29) is 6.03 Å². The average Bonchev–Trinajstić information content (AvgIpc) is 2.45. The molecule has 0 radical (unpaired) electrons. The minimum Gasteiger partial charge on any atom is -0.384 e. The van der Waals surface area contributed by atoms with Crippen LogP contribution in [0.2, 0.25) is 0 Å². The molecule has 1 rings (SSSR count). The Kier molecular flexibility index (Phi) is 8.00. The van der Waals surface area contributed by atoms with Crippen LogP contribution in [0.15, 0.2) is 24.3 Å². The van der Waals surface area contributed by atoms with Gasteiger partial charge in [0.05, 0.1) is 6.61 Å². The number of rotatable bonds is 8. The molecule has 0 bridgehead atoms. The summed E-state index contributed by atoms with van der Waals surface area (Å²) in [5.41, 5.74) is 1.67. The number of carbonyl (C=O) groups excluding carboxylic acids is 1. The topological polar surface area (TPSA) is 58.6 Å². The molecule has 0 aliphatic heterocycles. The van der Waals surface area contributed by atoms with Gasteiger partial charge in [0, 0.05) is 48.7 Å². The van der Waals surface area contributed by atoms with Gasteiger partial charge in [-0.05, 0) is 24.1 Å². The van der Waals surface area contributed by atoms with E-state index in [1.165, 1.54) is 0 Å².